The van der Waals surface area contributed by atoms with Crippen molar-refractivity contribution in [1.82, 2.24) is 10.2 Å². The quantitative estimate of drug-likeness (QED) is 0.471. The summed E-state index contributed by atoms with van der Waals surface area (Å²) in [6, 6.07) is 20.8. The second-order valence-corrected chi connectivity index (χ2v) is 8.70. The zero-order valence-corrected chi connectivity index (χ0v) is 19.9. The van der Waals surface area contributed by atoms with Gasteiger partial charge in [-0.1, -0.05) is 30.3 Å². The SMILES string of the molecule is CCOc1ccc(Oc2ccccc2NC(=O)CNC(=O)C2c3ccccc3C(=O)N2C2CC2)cc1. The predicted molar refractivity (Wildman–Crippen MR) is 134 cm³/mol. The molecule has 3 amide bonds. The van der Waals surface area contributed by atoms with Gasteiger partial charge in [-0.15, -0.1) is 0 Å². The highest BCUT2D eigenvalue weighted by Crippen LogP contribution is 2.41. The number of para-hydroxylation sites is 2. The number of carbonyl (C=O) groups is 3. The summed E-state index contributed by atoms with van der Waals surface area (Å²) in [5.74, 6) is 0.915. The minimum absolute atomic E-state index is 0.0705. The highest BCUT2D eigenvalue weighted by atomic mass is 16.5. The van der Waals surface area contributed by atoms with Crippen LogP contribution < -0.4 is 20.1 Å². The Bertz CT molecular complexity index is 1290. The Morgan fingerprint density at radius 2 is 1.64 bits per heavy atom. The van der Waals surface area contributed by atoms with Crippen LogP contribution in [0.3, 0.4) is 0 Å². The zero-order chi connectivity index (χ0) is 25.1. The second kappa shape index (κ2) is 10.1. The van der Waals surface area contributed by atoms with E-state index in [1.807, 2.05) is 31.2 Å². The highest BCUT2D eigenvalue weighted by Gasteiger charge is 2.47. The van der Waals surface area contributed by atoms with Gasteiger partial charge in [0.2, 0.25) is 11.8 Å². The van der Waals surface area contributed by atoms with Crippen LogP contribution in [-0.2, 0) is 9.59 Å². The van der Waals surface area contributed by atoms with E-state index in [0.717, 1.165) is 18.6 Å². The van der Waals surface area contributed by atoms with Crippen LogP contribution in [0, 0.1) is 0 Å². The van der Waals surface area contributed by atoms with Gasteiger partial charge in [-0.25, -0.2) is 0 Å². The molecule has 0 radical (unpaired) electrons. The van der Waals surface area contributed by atoms with E-state index >= 15 is 0 Å². The molecular weight excluding hydrogens is 458 g/mol. The fourth-order valence-corrected chi connectivity index (χ4v) is 4.35. The average molecular weight is 486 g/mol. The van der Waals surface area contributed by atoms with Gasteiger partial charge < -0.3 is 25.0 Å². The van der Waals surface area contributed by atoms with Gasteiger partial charge in [-0.2, -0.15) is 0 Å². The third kappa shape index (κ3) is 4.88. The number of nitrogens with one attached hydrogen (secondary N) is 2. The van der Waals surface area contributed by atoms with Crippen molar-refractivity contribution >= 4 is 23.4 Å². The number of anilines is 1. The van der Waals surface area contributed by atoms with Crippen molar-refractivity contribution in [2.24, 2.45) is 0 Å². The van der Waals surface area contributed by atoms with Crippen molar-refractivity contribution in [2.45, 2.75) is 31.8 Å². The van der Waals surface area contributed by atoms with Crippen LogP contribution in [0.2, 0.25) is 0 Å². The van der Waals surface area contributed by atoms with Crippen molar-refractivity contribution in [2.75, 3.05) is 18.5 Å². The maximum Gasteiger partial charge on any atom is 0.255 e. The molecule has 1 atom stereocenters. The van der Waals surface area contributed by atoms with Gasteiger partial charge >= 0.3 is 0 Å². The molecule has 0 aromatic heterocycles. The monoisotopic (exact) mass is 485 g/mol. The maximum atomic E-state index is 13.1. The first kappa shape index (κ1) is 23.4. The first-order valence-corrected chi connectivity index (χ1v) is 12.0. The van der Waals surface area contributed by atoms with Gasteiger partial charge in [0.15, 0.2) is 5.75 Å². The standard InChI is InChI=1S/C28H27N3O5/c1-2-35-19-13-15-20(16-14-19)36-24-10-6-5-9-23(24)30-25(32)17-29-27(33)26-21-7-3-4-8-22(21)28(34)31(26)18-11-12-18/h3-10,13-16,18,26H,2,11-12,17H2,1H3,(H,29,33)(H,30,32). The number of nitrogens with zero attached hydrogens (tertiary/aromatic N) is 1. The summed E-state index contributed by atoms with van der Waals surface area (Å²) in [4.78, 5) is 40.3. The van der Waals surface area contributed by atoms with Crippen LogP contribution >= 0.6 is 0 Å². The molecule has 0 spiro atoms. The number of amides is 3. The molecule has 0 saturated heterocycles. The number of hydrogen-bond donors (Lipinski definition) is 2. The van der Waals surface area contributed by atoms with Crippen LogP contribution in [0.25, 0.3) is 0 Å². The molecule has 36 heavy (non-hydrogen) atoms. The molecular formula is C28H27N3O5. The highest BCUT2D eigenvalue weighted by molar-refractivity contribution is 6.05. The molecule has 3 aromatic carbocycles. The minimum Gasteiger partial charge on any atom is -0.494 e. The Morgan fingerprint density at radius 3 is 2.39 bits per heavy atom. The molecule has 2 aliphatic rings. The van der Waals surface area contributed by atoms with E-state index in [2.05, 4.69) is 10.6 Å². The molecule has 0 bridgehead atoms. The summed E-state index contributed by atoms with van der Waals surface area (Å²) in [5.41, 5.74) is 1.71. The minimum atomic E-state index is -0.718. The van der Waals surface area contributed by atoms with Crippen molar-refractivity contribution in [3.05, 3.63) is 83.9 Å². The van der Waals surface area contributed by atoms with E-state index in [1.54, 1.807) is 53.4 Å². The van der Waals surface area contributed by atoms with Crippen molar-refractivity contribution < 1.29 is 23.9 Å². The molecule has 1 heterocycles. The molecule has 8 nitrogen and oxygen atoms in total. The fraction of sp³-hybridized carbons (Fsp3) is 0.250. The van der Waals surface area contributed by atoms with Crippen LogP contribution in [0.15, 0.2) is 72.8 Å². The van der Waals surface area contributed by atoms with Gasteiger partial charge in [-0.3, -0.25) is 14.4 Å². The number of rotatable bonds is 9. The Morgan fingerprint density at radius 1 is 0.944 bits per heavy atom. The van der Waals surface area contributed by atoms with Crippen molar-refractivity contribution in [3.8, 4) is 17.2 Å². The van der Waals surface area contributed by atoms with Crippen LogP contribution in [-0.4, -0.2) is 41.8 Å². The summed E-state index contributed by atoms with van der Waals surface area (Å²) in [6.07, 6.45) is 1.77. The normalized spacial score (nSPS) is 16.3. The fourth-order valence-electron chi connectivity index (χ4n) is 4.35. The number of fused-ring (bicyclic) bond motifs is 1. The maximum absolute atomic E-state index is 13.1. The Labute approximate surface area is 209 Å². The van der Waals surface area contributed by atoms with E-state index in [1.165, 1.54) is 0 Å². The zero-order valence-electron chi connectivity index (χ0n) is 19.9. The second-order valence-electron chi connectivity index (χ2n) is 8.70. The van der Waals surface area contributed by atoms with E-state index < -0.39 is 11.9 Å². The first-order chi connectivity index (χ1) is 17.5. The molecule has 1 aliphatic carbocycles. The Kier molecular flexibility index (Phi) is 6.58. The first-order valence-electron chi connectivity index (χ1n) is 12.0. The molecule has 1 aliphatic heterocycles. The van der Waals surface area contributed by atoms with Crippen LogP contribution in [0.4, 0.5) is 5.69 Å². The number of hydrogen-bond acceptors (Lipinski definition) is 5. The van der Waals surface area contributed by atoms with Crippen molar-refractivity contribution in [3.63, 3.8) is 0 Å². The Hall–Kier alpha value is -4.33. The summed E-state index contributed by atoms with van der Waals surface area (Å²) >= 11 is 0. The van der Waals surface area contributed by atoms with Gasteiger partial charge in [0.05, 0.1) is 18.8 Å². The predicted octanol–water partition coefficient (Wildman–Crippen LogP) is 4.29. The lowest BCUT2D eigenvalue weighted by Crippen LogP contribution is -2.42. The largest absolute Gasteiger partial charge is 0.494 e. The third-order valence-corrected chi connectivity index (χ3v) is 6.13. The molecule has 184 valence electrons. The lowest BCUT2D eigenvalue weighted by molar-refractivity contribution is -0.127. The van der Waals surface area contributed by atoms with E-state index in [4.69, 9.17) is 9.47 Å². The van der Waals surface area contributed by atoms with Gasteiger partial charge in [0, 0.05) is 11.6 Å². The number of carbonyl (C=O) groups excluding carboxylic acids is 3. The summed E-state index contributed by atoms with van der Waals surface area (Å²) < 4.78 is 11.4. The smallest absolute Gasteiger partial charge is 0.255 e. The topological polar surface area (TPSA) is 97.0 Å². The van der Waals surface area contributed by atoms with Gasteiger partial charge in [-0.05, 0) is 67.8 Å². The average Bonchev–Trinajstić information content (AvgIpc) is 3.69. The molecule has 1 saturated carbocycles. The van der Waals surface area contributed by atoms with Crippen LogP contribution in [0.5, 0.6) is 17.2 Å². The van der Waals surface area contributed by atoms with E-state index in [9.17, 15) is 14.4 Å². The van der Waals surface area contributed by atoms with E-state index in [0.29, 0.717) is 34.9 Å². The molecule has 5 rings (SSSR count). The molecule has 8 heteroatoms. The molecule has 1 fully saturated rings. The number of benzene rings is 3. The summed E-state index contributed by atoms with van der Waals surface area (Å²) in [6.45, 7) is 2.26. The molecule has 1 unspecified atom stereocenters. The lowest BCUT2D eigenvalue weighted by Gasteiger charge is -2.24. The summed E-state index contributed by atoms with van der Waals surface area (Å²) in [5, 5.41) is 5.51. The molecule has 3 aromatic rings. The van der Waals surface area contributed by atoms with E-state index in [-0.39, 0.29) is 24.4 Å². The third-order valence-electron chi connectivity index (χ3n) is 6.13. The summed E-state index contributed by atoms with van der Waals surface area (Å²) in [7, 11) is 0. The lowest BCUT2D eigenvalue weighted by atomic mass is 10.0. The van der Waals surface area contributed by atoms with Gasteiger partial charge in [0.1, 0.15) is 17.5 Å². The van der Waals surface area contributed by atoms with Crippen LogP contribution in [0.1, 0.15) is 41.7 Å². The molecule has 2 N–H and O–H groups in total. The Balaban J connectivity index is 1.22. The van der Waals surface area contributed by atoms with Crippen molar-refractivity contribution in [1.29, 1.82) is 0 Å². The number of ether oxygens (including phenoxy) is 2. The van der Waals surface area contributed by atoms with Gasteiger partial charge in [0.25, 0.3) is 5.91 Å².